The molecular formula is C13H19N5O. The van der Waals surface area contributed by atoms with Gasteiger partial charge in [-0.1, -0.05) is 0 Å². The van der Waals surface area contributed by atoms with Gasteiger partial charge >= 0.3 is 0 Å². The first kappa shape index (κ1) is 13.6. The Morgan fingerprint density at radius 3 is 2.84 bits per heavy atom. The molecule has 6 heteroatoms. The summed E-state index contributed by atoms with van der Waals surface area (Å²) in [4.78, 5) is 8.69. The molecule has 1 saturated heterocycles. The van der Waals surface area contributed by atoms with Crippen molar-refractivity contribution in [2.24, 2.45) is 0 Å². The van der Waals surface area contributed by atoms with Gasteiger partial charge in [-0.2, -0.15) is 5.26 Å². The smallest absolute Gasteiger partial charge is 0.132 e. The van der Waals surface area contributed by atoms with Gasteiger partial charge in [-0.15, -0.1) is 0 Å². The molecule has 102 valence electrons. The van der Waals surface area contributed by atoms with E-state index in [1.54, 1.807) is 0 Å². The van der Waals surface area contributed by atoms with Crippen LogP contribution in [0, 0.1) is 18.3 Å². The Labute approximate surface area is 113 Å². The van der Waals surface area contributed by atoms with Crippen molar-refractivity contribution in [2.45, 2.75) is 32.2 Å². The fourth-order valence-corrected chi connectivity index (χ4v) is 2.03. The van der Waals surface area contributed by atoms with Crippen LogP contribution in [0.2, 0.25) is 0 Å². The van der Waals surface area contributed by atoms with E-state index >= 15 is 0 Å². The molecule has 0 radical (unpaired) electrons. The van der Waals surface area contributed by atoms with Gasteiger partial charge in [-0.3, -0.25) is 0 Å². The van der Waals surface area contributed by atoms with E-state index in [1.807, 2.05) is 13.0 Å². The summed E-state index contributed by atoms with van der Waals surface area (Å²) in [5.41, 5.74) is 0. The summed E-state index contributed by atoms with van der Waals surface area (Å²) in [6.07, 6.45) is 2.46. The molecule has 2 rings (SSSR count). The average molecular weight is 261 g/mol. The van der Waals surface area contributed by atoms with Gasteiger partial charge in [0.25, 0.3) is 0 Å². The predicted octanol–water partition coefficient (Wildman–Crippen LogP) is 1.70. The van der Waals surface area contributed by atoms with Crippen LogP contribution in [-0.4, -0.2) is 35.8 Å². The number of hydrogen-bond donors (Lipinski definition) is 2. The van der Waals surface area contributed by atoms with E-state index in [9.17, 15) is 0 Å². The molecular weight excluding hydrogens is 242 g/mol. The molecule has 2 heterocycles. The molecule has 0 unspecified atom stereocenters. The second kappa shape index (κ2) is 6.90. The first-order valence-corrected chi connectivity index (χ1v) is 6.59. The summed E-state index contributed by atoms with van der Waals surface area (Å²) < 4.78 is 5.33. The number of rotatable bonds is 5. The number of nitriles is 1. The minimum Gasteiger partial charge on any atom is -0.381 e. The van der Waals surface area contributed by atoms with E-state index in [0.717, 1.165) is 43.5 Å². The minimum absolute atomic E-state index is 0.412. The Hall–Kier alpha value is -1.87. The first-order chi connectivity index (χ1) is 9.28. The number of aryl methyl sites for hydroxylation is 1. The molecule has 1 aromatic heterocycles. The monoisotopic (exact) mass is 261 g/mol. The van der Waals surface area contributed by atoms with Crippen LogP contribution < -0.4 is 10.6 Å². The molecule has 0 atom stereocenters. The van der Waals surface area contributed by atoms with Gasteiger partial charge in [0, 0.05) is 31.9 Å². The van der Waals surface area contributed by atoms with Gasteiger partial charge in [-0.05, 0) is 19.8 Å². The van der Waals surface area contributed by atoms with Crippen LogP contribution in [0.1, 0.15) is 25.1 Å². The molecule has 0 aromatic carbocycles. The van der Waals surface area contributed by atoms with Gasteiger partial charge < -0.3 is 15.4 Å². The van der Waals surface area contributed by atoms with Crippen LogP contribution in [0.15, 0.2) is 6.07 Å². The highest BCUT2D eigenvalue weighted by molar-refractivity contribution is 5.48. The highest BCUT2D eigenvalue weighted by Crippen LogP contribution is 2.16. The average Bonchev–Trinajstić information content (AvgIpc) is 2.39. The third kappa shape index (κ3) is 4.38. The molecule has 6 nitrogen and oxygen atoms in total. The summed E-state index contributed by atoms with van der Waals surface area (Å²) in [7, 11) is 0. The second-order valence-corrected chi connectivity index (χ2v) is 4.55. The summed E-state index contributed by atoms with van der Waals surface area (Å²) in [6, 6.07) is 4.40. The lowest BCUT2D eigenvalue weighted by molar-refractivity contribution is 0.0904. The minimum atomic E-state index is 0.412. The predicted molar refractivity (Wildman–Crippen MR) is 73.0 cm³/mol. The fraction of sp³-hybridized carbons (Fsp3) is 0.615. The third-order valence-corrected chi connectivity index (χ3v) is 2.95. The zero-order valence-electron chi connectivity index (χ0n) is 11.1. The molecule has 1 aliphatic rings. The number of nitrogens with zero attached hydrogens (tertiary/aromatic N) is 3. The lowest BCUT2D eigenvalue weighted by Gasteiger charge is -2.23. The SMILES string of the molecule is Cc1nc(NCCC#N)cc(NC2CCOCC2)n1. The molecule has 0 aliphatic carbocycles. The Kier molecular flexibility index (Phi) is 4.93. The zero-order chi connectivity index (χ0) is 13.5. The van der Waals surface area contributed by atoms with Gasteiger partial charge in [0.2, 0.25) is 0 Å². The van der Waals surface area contributed by atoms with Crippen molar-refractivity contribution in [1.29, 1.82) is 5.26 Å². The Balaban J connectivity index is 1.97. The lowest BCUT2D eigenvalue weighted by Crippen LogP contribution is -2.28. The van der Waals surface area contributed by atoms with Crippen molar-refractivity contribution in [2.75, 3.05) is 30.4 Å². The van der Waals surface area contributed by atoms with E-state index in [1.165, 1.54) is 0 Å². The van der Waals surface area contributed by atoms with Crippen LogP contribution in [0.3, 0.4) is 0 Å². The maximum absolute atomic E-state index is 8.52. The second-order valence-electron chi connectivity index (χ2n) is 4.55. The molecule has 0 bridgehead atoms. The topological polar surface area (TPSA) is 82.9 Å². The summed E-state index contributed by atoms with van der Waals surface area (Å²) in [5, 5.41) is 15.1. The molecule has 1 aliphatic heterocycles. The van der Waals surface area contributed by atoms with Crippen LogP contribution in [-0.2, 0) is 4.74 Å². The Morgan fingerprint density at radius 2 is 2.11 bits per heavy atom. The normalized spacial score (nSPS) is 15.8. The van der Waals surface area contributed by atoms with E-state index in [0.29, 0.717) is 19.0 Å². The standard InChI is InChI=1S/C13H19N5O/c1-10-16-12(15-6-2-5-14)9-13(17-10)18-11-3-7-19-8-4-11/h9,11H,2-4,6-8H2,1H3,(H2,15,16,17,18). The van der Waals surface area contributed by atoms with Gasteiger partial charge in [0.15, 0.2) is 0 Å². The molecule has 2 N–H and O–H groups in total. The van der Waals surface area contributed by atoms with Crippen LogP contribution in [0.5, 0.6) is 0 Å². The van der Waals surface area contributed by atoms with E-state index in [-0.39, 0.29) is 0 Å². The number of aromatic nitrogens is 2. The van der Waals surface area contributed by atoms with Crippen molar-refractivity contribution in [3.63, 3.8) is 0 Å². The number of ether oxygens (including phenoxy) is 1. The quantitative estimate of drug-likeness (QED) is 0.785. The summed E-state index contributed by atoms with van der Waals surface area (Å²) >= 11 is 0. The van der Waals surface area contributed by atoms with Crippen LogP contribution in [0.4, 0.5) is 11.6 Å². The maximum atomic E-state index is 8.52. The molecule has 1 aromatic rings. The van der Waals surface area contributed by atoms with E-state index < -0.39 is 0 Å². The molecule has 19 heavy (non-hydrogen) atoms. The van der Waals surface area contributed by atoms with Gasteiger partial charge in [0.05, 0.1) is 12.5 Å². The van der Waals surface area contributed by atoms with E-state index in [2.05, 4.69) is 26.7 Å². The fourth-order valence-electron chi connectivity index (χ4n) is 2.03. The van der Waals surface area contributed by atoms with Crippen molar-refractivity contribution in [3.8, 4) is 6.07 Å². The van der Waals surface area contributed by atoms with Crippen molar-refractivity contribution < 1.29 is 4.74 Å². The number of hydrogen-bond acceptors (Lipinski definition) is 6. The summed E-state index contributed by atoms with van der Waals surface area (Å²) in [6.45, 7) is 4.07. The van der Waals surface area contributed by atoms with Crippen LogP contribution in [0.25, 0.3) is 0 Å². The molecule has 1 fully saturated rings. The van der Waals surface area contributed by atoms with Gasteiger partial charge in [0.1, 0.15) is 17.5 Å². The highest BCUT2D eigenvalue weighted by Gasteiger charge is 2.14. The zero-order valence-corrected chi connectivity index (χ0v) is 11.1. The van der Waals surface area contributed by atoms with E-state index in [4.69, 9.17) is 10.00 Å². The van der Waals surface area contributed by atoms with Crippen molar-refractivity contribution in [3.05, 3.63) is 11.9 Å². The first-order valence-electron chi connectivity index (χ1n) is 6.59. The maximum Gasteiger partial charge on any atom is 0.132 e. The summed E-state index contributed by atoms with van der Waals surface area (Å²) in [5.74, 6) is 2.31. The van der Waals surface area contributed by atoms with Gasteiger partial charge in [-0.25, -0.2) is 9.97 Å². The Morgan fingerprint density at radius 1 is 1.37 bits per heavy atom. The highest BCUT2D eigenvalue weighted by atomic mass is 16.5. The van der Waals surface area contributed by atoms with Crippen molar-refractivity contribution >= 4 is 11.6 Å². The molecule has 0 amide bonds. The molecule has 0 spiro atoms. The number of nitrogens with one attached hydrogen (secondary N) is 2. The lowest BCUT2D eigenvalue weighted by atomic mass is 10.1. The largest absolute Gasteiger partial charge is 0.381 e. The molecule has 0 saturated carbocycles. The Bertz CT molecular complexity index is 451. The van der Waals surface area contributed by atoms with Crippen LogP contribution >= 0.6 is 0 Å². The third-order valence-electron chi connectivity index (χ3n) is 2.95. The number of anilines is 2. The van der Waals surface area contributed by atoms with Crippen molar-refractivity contribution in [1.82, 2.24) is 9.97 Å².